The zero-order chi connectivity index (χ0) is 18.9. The van der Waals surface area contributed by atoms with E-state index in [1.165, 1.54) is 7.11 Å². The van der Waals surface area contributed by atoms with Crippen LogP contribution in [0.4, 0.5) is 4.79 Å². The second-order valence-electron chi connectivity index (χ2n) is 6.33. The number of nitrogens with zero attached hydrogens (tertiary/aromatic N) is 1. The molecule has 1 rings (SSSR count). The molecule has 0 aliphatic heterocycles. The molecule has 1 aromatic rings. The van der Waals surface area contributed by atoms with Crippen molar-refractivity contribution in [1.82, 2.24) is 5.32 Å². The molecule has 0 aliphatic rings. The van der Waals surface area contributed by atoms with Crippen molar-refractivity contribution in [2.24, 2.45) is 4.99 Å². The van der Waals surface area contributed by atoms with Crippen LogP contribution < -0.4 is 5.32 Å². The van der Waals surface area contributed by atoms with E-state index in [4.69, 9.17) is 9.47 Å². The van der Waals surface area contributed by atoms with Crippen molar-refractivity contribution in [2.75, 3.05) is 13.7 Å². The van der Waals surface area contributed by atoms with Crippen LogP contribution in [-0.4, -0.2) is 49.9 Å². The van der Waals surface area contributed by atoms with E-state index in [0.717, 1.165) is 11.1 Å². The van der Waals surface area contributed by atoms with Crippen molar-refractivity contribution in [1.29, 1.82) is 0 Å². The summed E-state index contributed by atoms with van der Waals surface area (Å²) in [6, 6.07) is 6.40. The van der Waals surface area contributed by atoms with Crippen LogP contribution in [-0.2, 0) is 25.5 Å². The zero-order valence-electron chi connectivity index (χ0n) is 14.9. The van der Waals surface area contributed by atoms with E-state index in [0.29, 0.717) is 6.29 Å². The first-order valence-electron chi connectivity index (χ1n) is 7.85. The lowest BCUT2D eigenvalue weighted by molar-refractivity contribution is -0.143. The van der Waals surface area contributed by atoms with Gasteiger partial charge in [0.25, 0.3) is 0 Å². The minimum atomic E-state index is -0.852. The fourth-order valence-electron chi connectivity index (χ4n) is 1.96. The first kappa shape index (κ1) is 20.3. The molecule has 1 N–H and O–H groups in total. The third kappa shape index (κ3) is 8.10. The van der Waals surface area contributed by atoms with E-state index >= 15 is 0 Å². The predicted octanol–water partition coefficient (Wildman–Crippen LogP) is 1.91. The van der Waals surface area contributed by atoms with Crippen LogP contribution in [0.2, 0.25) is 0 Å². The van der Waals surface area contributed by atoms with E-state index in [-0.39, 0.29) is 13.0 Å². The van der Waals surface area contributed by atoms with Gasteiger partial charge in [-0.15, -0.1) is 0 Å². The van der Waals surface area contributed by atoms with Gasteiger partial charge in [0, 0.05) is 12.6 Å². The van der Waals surface area contributed by atoms with Crippen molar-refractivity contribution in [3.8, 4) is 0 Å². The molecule has 0 saturated carbocycles. The Morgan fingerprint density at radius 2 is 1.88 bits per heavy atom. The maximum atomic E-state index is 11.9. The van der Waals surface area contributed by atoms with Crippen LogP contribution in [0.3, 0.4) is 0 Å². The van der Waals surface area contributed by atoms with E-state index in [2.05, 4.69) is 10.3 Å². The molecular weight excluding hydrogens is 324 g/mol. The average molecular weight is 348 g/mol. The molecule has 136 valence electrons. The number of carbonyl (C=O) groups is 3. The Kier molecular flexibility index (Phi) is 7.78. The van der Waals surface area contributed by atoms with Gasteiger partial charge in [-0.2, -0.15) is 0 Å². The van der Waals surface area contributed by atoms with Gasteiger partial charge in [-0.25, -0.2) is 9.59 Å². The molecule has 0 fully saturated rings. The highest BCUT2D eigenvalue weighted by Crippen LogP contribution is 2.10. The molecular formula is C18H24N2O5. The third-order valence-corrected chi connectivity index (χ3v) is 3.02. The Bertz CT molecular complexity index is 617. The SMILES string of the molecule is COC(=O)C(Cc1ccc(/C=N/CC=O)cc1)NC(=O)OC(C)(C)C. The highest BCUT2D eigenvalue weighted by Gasteiger charge is 2.25. The van der Waals surface area contributed by atoms with E-state index in [1.54, 1.807) is 27.0 Å². The summed E-state index contributed by atoms with van der Waals surface area (Å²) in [7, 11) is 1.26. The van der Waals surface area contributed by atoms with E-state index in [9.17, 15) is 14.4 Å². The third-order valence-electron chi connectivity index (χ3n) is 3.02. The fourth-order valence-corrected chi connectivity index (χ4v) is 1.96. The van der Waals surface area contributed by atoms with Crippen molar-refractivity contribution in [2.45, 2.75) is 38.8 Å². The smallest absolute Gasteiger partial charge is 0.408 e. The molecule has 0 aromatic heterocycles. The summed E-state index contributed by atoms with van der Waals surface area (Å²) >= 11 is 0. The number of esters is 1. The number of aliphatic imine (C=N–C) groups is 1. The van der Waals surface area contributed by atoms with Gasteiger partial charge in [0.2, 0.25) is 0 Å². The lowest BCUT2D eigenvalue weighted by Gasteiger charge is -2.22. The van der Waals surface area contributed by atoms with Gasteiger partial charge in [-0.05, 0) is 31.9 Å². The number of nitrogens with one attached hydrogen (secondary N) is 1. The maximum Gasteiger partial charge on any atom is 0.408 e. The van der Waals surface area contributed by atoms with Crippen LogP contribution >= 0.6 is 0 Å². The number of alkyl carbamates (subject to hydrolysis) is 1. The number of rotatable bonds is 7. The van der Waals surface area contributed by atoms with Gasteiger partial charge in [0.15, 0.2) is 0 Å². The Balaban J connectivity index is 2.76. The molecule has 0 aliphatic carbocycles. The van der Waals surface area contributed by atoms with Crippen molar-refractivity contribution in [3.05, 3.63) is 35.4 Å². The van der Waals surface area contributed by atoms with Gasteiger partial charge in [0.1, 0.15) is 17.9 Å². The minimum absolute atomic E-state index is 0.117. The van der Waals surface area contributed by atoms with Crippen LogP contribution in [0.5, 0.6) is 0 Å². The summed E-state index contributed by atoms with van der Waals surface area (Å²) in [5.74, 6) is -0.553. The van der Waals surface area contributed by atoms with Crippen LogP contribution in [0, 0.1) is 0 Å². The molecule has 0 heterocycles. The standard InChI is InChI=1S/C18H24N2O5/c1-18(2,3)25-17(23)20-15(16(22)24-4)11-13-5-7-14(8-6-13)12-19-9-10-21/h5-8,10,12,15H,9,11H2,1-4H3,(H,20,23)/b19-12+. The van der Waals surface area contributed by atoms with Gasteiger partial charge < -0.3 is 19.6 Å². The number of aldehydes is 1. The summed E-state index contributed by atoms with van der Waals surface area (Å²) in [6.07, 6.45) is 1.89. The lowest BCUT2D eigenvalue weighted by atomic mass is 10.0. The highest BCUT2D eigenvalue weighted by molar-refractivity contribution is 5.82. The first-order chi connectivity index (χ1) is 11.7. The fraction of sp³-hybridized carbons (Fsp3) is 0.444. The average Bonchev–Trinajstić information content (AvgIpc) is 2.53. The number of amides is 1. The molecule has 0 spiro atoms. The Morgan fingerprint density at radius 3 is 2.40 bits per heavy atom. The number of benzene rings is 1. The van der Waals surface area contributed by atoms with Gasteiger partial charge in [-0.3, -0.25) is 4.99 Å². The maximum absolute atomic E-state index is 11.9. The van der Waals surface area contributed by atoms with E-state index < -0.39 is 23.7 Å². The minimum Gasteiger partial charge on any atom is -0.467 e. The summed E-state index contributed by atoms with van der Waals surface area (Å²) < 4.78 is 9.91. The number of hydrogen-bond donors (Lipinski definition) is 1. The zero-order valence-corrected chi connectivity index (χ0v) is 14.9. The second kappa shape index (κ2) is 9.56. The Morgan fingerprint density at radius 1 is 1.24 bits per heavy atom. The van der Waals surface area contributed by atoms with E-state index in [1.807, 2.05) is 24.3 Å². The Hall–Kier alpha value is -2.70. The van der Waals surface area contributed by atoms with Gasteiger partial charge in [0.05, 0.1) is 13.7 Å². The normalized spacial score (nSPS) is 12.5. The summed E-state index contributed by atoms with van der Waals surface area (Å²) in [4.78, 5) is 38.0. The monoisotopic (exact) mass is 348 g/mol. The molecule has 1 aromatic carbocycles. The topological polar surface area (TPSA) is 94.1 Å². The summed E-state index contributed by atoms with van der Waals surface area (Å²) in [6.45, 7) is 5.34. The number of hydrogen-bond acceptors (Lipinski definition) is 6. The number of methoxy groups -OCH3 is 1. The van der Waals surface area contributed by atoms with Gasteiger partial charge >= 0.3 is 12.1 Å². The molecule has 0 bridgehead atoms. The number of carbonyl (C=O) groups excluding carboxylic acids is 3. The second-order valence-corrected chi connectivity index (χ2v) is 6.33. The quantitative estimate of drug-likeness (QED) is 0.461. The number of ether oxygens (including phenoxy) is 2. The first-order valence-corrected chi connectivity index (χ1v) is 7.85. The largest absolute Gasteiger partial charge is 0.467 e. The Labute approximate surface area is 147 Å². The van der Waals surface area contributed by atoms with Crippen LogP contribution in [0.25, 0.3) is 0 Å². The molecule has 1 unspecified atom stereocenters. The van der Waals surface area contributed by atoms with Gasteiger partial charge in [-0.1, -0.05) is 24.3 Å². The lowest BCUT2D eigenvalue weighted by Crippen LogP contribution is -2.45. The van der Waals surface area contributed by atoms with Crippen LogP contribution in [0.1, 0.15) is 31.9 Å². The summed E-state index contributed by atoms with van der Waals surface area (Å²) in [5.41, 5.74) is 1.01. The highest BCUT2D eigenvalue weighted by atomic mass is 16.6. The predicted molar refractivity (Wildman–Crippen MR) is 93.8 cm³/mol. The molecule has 1 amide bonds. The summed E-state index contributed by atoms with van der Waals surface area (Å²) in [5, 5.41) is 2.53. The van der Waals surface area contributed by atoms with Crippen molar-refractivity contribution < 1.29 is 23.9 Å². The molecule has 1 atom stereocenters. The molecule has 7 nitrogen and oxygen atoms in total. The van der Waals surface area contributed by atoms with Crippen LogP contribution in [0.15, 0.2) is 29.3 Å². The van der Waals surface area contributed by atoms with Crippen molar-refractivity contribution >= 4 is 24.6 Å². The molecule has 0 saturated heterocycles. The van der Waals surface area contributed by atoms with Crippen molar-refractivity contribution in [3.63, 3.8) is 0 Å². The molecule has 0 radical (unpaired) electrons. The molecule has 7 heteroatoms. The molecule has 25 heavy (non-hydrogen) atoms.